The molecule has 5 heteroatoms. The quantitative estimate of drug-likeness (QED) is 0.438. The van der Waals surface area contributed by atoms with E-state index >= 15 is 0 Å². The van der Waals surface area contributed by atoms with Crippen LogP contribution in [-0.2, 0) is 0 Å². The molecule has 0 saturated carbocycles. The summed E-state index contributed by atoms with van der Waals surface area (Å²) in [6.07, 6.45) is 1.93. The molecule has 2 aromatic carbocycles. The molecule has 0 fully saturated rings. The molecule has 20 heavy (non-hydrogen) atoms. The van der Waals surface area contributed by atoms with Gasteiger partial charge in [-0.2, -0.15) is 0 Å². The zero-order valence-corrected chi connectivity index (χ0v) is 14.0. The maximum Gasteiger partial charge on any atom is 0.182 e. The topological polar surface area (TPSA) is 20.7 Å². The lowest BCUT2D eigenvalue weighted by atomic mass is 10.1. The van der Waals surface area contributed by atoms with E-state index in [0.717, 1.165) is 25.5 Å². The highest BCUT2D eigenvalue weighted by molar-refractivity contribution is 14.1. The highest BCUT2D eigenvalue weighted by atomic mass is 127. The molecule has 0 aliphatic rings. The summed E-state index contributed by atoms with van der Waals surface area (Å²) >= 11 is 13.7. The minimum absolute atomic E-state index is 0.670. The number of nitrogens with one attached hydrogen (secondary N) is 1. The van der Waals surface area contributed by atoms with Crippen molar-refractivity contribution in [2.24, 2.45) is 0 Å². The molecule has 3 rings (SSSR count). The number of benzene rings is 2. The van der Waals surface area contributed by atoms with Gasteiger partial charge in [-0.1, -0.05) is 41.9 Å². The molecule has 0 unspecified atom stereocenters. The van der Waals surface area contributed by atoms with Crippen LogP contribution in [0.4, 0.5) is 0 Å². The van der Waals surface area contributed by atoms with Crippen molar-refractivity contribution >= 4 is 46.4 Å². The summed E-state index contributed by atoms with van der Waals surface area (Å²) in [7, 11) is 0. The molecular weight excluding hydrogens is 403 g/mol. The summed E-state index contributed by atoms with van der Waals surface area (Å²) in [5.41, 5.74) is 3.18. The van der Waals surface area contributed by atoms with Crippen LogP contribution in [0.15, 0.2) is 54.7 Å². The largest absolute Gasteiger partial charge is 0.336 e. The maximum absolute atomic E-state index is 6.03. The van der Waals surface area contributed by atoms with Crippen molar-refractivity contribution in [3.8, 4) is 16.9 Å². The Morgan fingerprint density at radius 2 is 1.85 bits per heavy atom. The van der Waals surface area contributed by atoms with Crippen molar-refractivity contribution in [2.75, 3.05) is 0 Å². The van der Waals surface area contributed by atoms with Crippen LogP contribution in [0.1, 0.15) is 0 Å². The van der Waals surface area contributed by atoms with Gasteiger partial charge < -0.3 is 4.98 Å². The molecule has 1 N–H and O–H groups in total. The third kappa shape index (κ3) is 2.55. The van der Waals surface area contributed by atoms with E-state index in [1.54, 1.807) is 0 Å². The standard InChI is InChI=1S/C15H10ClIN2S/c16-11-6-7-13(12(17)8-11)19-14(9-18-15(19)20)10-4-2-1-3-5-10/h1-9H,(H,18,20). The Bertz CT molecular complexity index is 808. The molecular formula is C15H10ClIN2S. The minimum Gasteiger partial charge on any atom is -0.336 e. The van der Waals surface area contributed by atoms with Gasteiger partial charge in [0.05, 0.1) is 11.4 Å². The van der Waals surface area contributed by atoms with Gasteiger partial charge in [-0.15, -0.1) is 0 Å². The van der Waals surface area contributed by atoms with Crippen molar-refractivity contribution < 1.29 is 0 Å². The molecule has 0 radical (unpaired) electrons. The van der Waals surface area contributed by atoms with Crippen molar-refractivity contribution in [3.05, 3.63) is 68.1 Å². The first-order valence-corrected chi connectivity index (χ1v) is 7.84. The maximum atomic E-state index is 6.03. The second-order valence-electron chi connectivity index (χ2n) is 4.28. The number of nitrogens with zero attached hydrogens (tertiary/aromatic N) is 1. The summed E-state index contributed by atoms with van der Waals surface area (Å²) in [6, 6.07) is 16.0. The Labute approximate surface area is 140 Å². The number of hydrogen-bond acceptors (Lipinski definition) is 1. The zero-order chi connectivity index (χ0) is 14.1. The molecule has 100 valence electrons. The average molecular weight is 413 g/mol. The lowest BCUT2D eigenvalue weighted by Gasteiger charge is -2.11. The molecule has 0 amide bonds. The van der Waals surface area contributed by atoms with Crippen LogP contribution in [-0.4, -0.2) is 9.55 Å². The number of hydrogen-bond donors (Lipinski definition) is 1. The average Bonchev–Trinajstić information content (AvgIpc) is 2.82. The predicted octanol–water partition coefficient (Wildman–Crippen LogP) is 5.46. The van der Waals surface area contributed by atoms with Crippen LogP contribution in [0.25, 0.3) is 16.9 Å². The van der Waals surface area contributed by atoms with Crippen LogP contribution in [0.5, 0.6) is 0 Å². The third-order valence-corrected chi connectivity index (χ3v) is 4.40. The molecule has 0 aliphatic heterocycles. The van der Waals surface area contributed by atoms with Gasteiger partial charge in [0.15, 0.2) is 4.77 Å². The first kappa shape index (κ1) is 13.9. The van der Waals surface area contributed by atoms with Gasteiger partial charge in [0.25, 0.3) is 0 Å². The number of halogens is 2. The molecule has 3 aromatic rings. The summed E-state index contributed by atoms with van der Waals surface area (Å²) in [5.74, 6) is 0. The van der Waals surface area contributed by atoms with E-state index in [-0.39, 0.29) is 0 Å². The molecule has 0 aliphatic carbocycles. The van der Waals surface area contributed by atoms with Crippen molar-refractivity contribution in [2.45, 2.75) is 0 Å². The van der Waals surface area contributed by atoms with Gasteiger partial charge in [0.1, 0.15) is 0 Å². The summed E-state index contributed by atoms with van der Waals surface area (Å²) < 4.78 is 3.76. The Kier molecular flexibility index (Phi) is 3.96. The van der Waals surface area contributed by atoms with Gasteiger partial charge in [0, 0.05) is 20.4 Å². The van der Waals surface area contributed by atoms with Gasteiger partial charge >= 0.3 is 0 Å². The number of H-pyrrole nitrogens is 1. The van der Waals surface area contributed by atoms with E-state index in [1.807, 2.05) is 47.2 Å². The van der Waals surface area contributed by atoms with Gasteiger partial charge in [0.2, 0.25) is 0 Å². The fraction of sp³-hybridized carbons (Fsp3) is 0. The van der Waals surface area contributed by atoms with E-state index in [4.69, 9.17) is 23.8 Å². The van der Waals surface area contributed by atoms with Crippen LogP contribution in [0.3, 0.4) is 0 Å². The molecule has 1 heterocycles. The van der Waals surface area contributed by atoms with E-state index in [9.17, 15) is 0 Å². The minimum atomic E-state index is 0.670. The first-order valence-electron chi connectivity index (χ1n) is 5.98. The fourth-order valence-corrected chi connectivity index (χ4v) is 3.46. The highest BCUT2D eigenvalue weighted by Crippen LogP contribution is 2.27. The molecule has 0 bridgehead atoms. The Morgan fingerprint density at radius 1 is 1.10 bits per heavy atom. The van der Waals surface area contributed by atoms with Crippen molar-refractivity contribution in [1.29, 1.82) is 0 Å². The molecule has 2 nitrogen and oxygen atoms in total. The van der Waals surface area contributed by atoms with Crippen molar-refractivity contribution in [1.82, 2.24) is 9.55 Å². The van der Waals surface area contributed by atoms with Gasteiger partial charge in [-0.25, -0.2) is 0 Å². The normalized spacial score (nSPS) is 10.7. The Morgan fingerprint density at radius 3 is 2.55 bits per heavy atom. The lowest BCUT2D eigenvalue weighted by molar-refractivity contribution is 1.03. The number of imidazole rings is 1. The number of aromatic amines is 1. The van der Waals surface area contributed by atoms with Crippen LogP contribution in [0, 0.1) is 8.34 Å². The lowest BCUT2D eigenvalue weighted by Crippen LogP contribution is -1.99. The second kappa shape index (κ2) is 5.71. The number of aromatic nitrogens is 2. The zero-order valence-electron chi connectivity index (χ0n) is 10.3. The first-order chi connectivity index (χ1) is 9.66. The SMILES string of the molecule is S=c1[nH]cc(-c2ccccc2)n1-c1ccc(Cl)cc1I. The number of rotatable bonds is 2. The van der Waals surface area contributed by atoms with Crippen LogP contribution >= 0.6 is 46.4 Å². The van der Waals surface area contributed by atoms with Crippen molar-refractivity contribution in [3.63, 3.8) is 0 Å². The molecule has 0 atom stereocenters. The Hall–Kier alpha value is -1.11. The molecule has 1 aromatic heterocycles. The summed E-state index contributed by atoms with van der Waals surface area (Å²) in [5, 5.41) is 0.724. The van der Waals surface area contributed by atoms with E-state index in [1.165, 1.54) is 0 Å². The van der Waals surface area contributed by atoms with Crippen LogP contribution < -0.4 is 0 Å². The predicted molar refractivity (Wildman–Crippen MR) is 94.1 cm³/mol. The smallest absolute Gasteiger partial charge is 0.182 e. The second-order valence-corrected chi connectivity index (χ2v) is 6.26. The Balaban J connectivity index is 2.25. The summed E-state index contributed by atoms with van der Waals surface area (Å²) in [6.45, 7) is 0. The molecule has 0 saturated heterocycles. The van der Waals surface area contributed by atoms with Crippen LogP contribution in [0.2, 0.25) is 5.02 Å². The van der Waals surface area contributed by atoms with E-state index in [0.29, 0.717) is 4.77 Å². The van der Waals surface area contributed by atoms with E-state index in [2.05, 4.69) is 39.7 Å². The molecule has 0 spiro atoms. The van der Waals surface area contributed by atoms with Gasteiger partial charge in [-0.05, 0) is 53.0 Å². The van der Waals surface area contributed by atoms with E-state index < -0.39 is 0 Å². The highest BCUT2D eigenvalue weighted by Gasteiger charge is 2.11. The third-order valence-electron chi connectivity index (χ3n) is 3.00. The monoisotopic (exact) mass is 412 g/mol. The fourth-order valence-electron chi connectivity index (χ4n) is 2.09. The van der Waals surface area contributed by atoms with Gasteiger partial charge in [-0.3, -0.25) is 4.57 Å². The summed E-state index contributed by atoms with van der Waals surface area (Å²) in [4.78, 5) is 3.12.